The molecule has 2 aromatic rings. The molecular weight excluding hydrogens is 242 g/mol. The summed E-state index contributed by atoms with van der Waals surface area (Å²) in [6.45, 7) is 1.95. The van der Waals surface area contributed by atoms with E-state index in [9.17, 15) is 4.79 Å². The van der Waals surface area contributed by atoms with Gasteiger partial charge in [0.15, 0.2) is 0 Å². The Kier molecular flexibility index (Phi) is 4.18. The van der Waals surface area contributed by atoms with Gasteiger partial charge in [-0.15, -0.1) is 0 Å². The van der Waals surface area contributed by atoms with E-state index in [1.165, 1.54) is 6.20 Å². The number of aryl methyl sites for hydroxylation is 1. The van der Waals surface area contributed by atoms with Gasteiger partial charge in [0.2, 0.25) is 0 Å². The number of anilines is 1. The van der Waals surface area contributed by atoms with Crippen LogP contribution in [-0.2, 0) is 6.42 Å². The zero-order valence-corrected chi connectivity index (χ0v) is 10.8. The summed E-state index contributed by atoms with van der Waals surface area (Å²) in [5.41, 5.74) is 6.58. The maximum Gasteiger partial charge on any atom is 0.255 e. The smallest absolute Gasteiger partial charge is 0.255 e. The second-order valence-electron chi connectivity index (χ2n) is 4.46. The van der Waals surface area contributed by atoms with Crippen molar-refractivity contribution in [3.05, 3.63) is 48.2 Å². The van der Waals surface area contributed by atoms with Crippen molar-refractivity contribution >= 4 is 11.6 Å². The fraction of sp³-hybridized carbons (Fsp3) is 0.286. The highest BCUT2D eigenvalue weighted by molar-refractivity contribution is 5.98. The van der Waals surface area contributed by atoms with E-state index >= 15 is 0 Å². The first-order chi connectivity index (χ1) is 9.16. The van der Waals surface area contributed by atoms with Crippen LogP contribution in [0.25, 0.3) is 0 Å². The average Bonchev–Trinajstić information content (AvgIpc) is 2.90. The number of pyridine rings is 1. The van der Waals surface area contributed by atoms with Crippen molar-refractivity contribution in [2.75, 3.05) is 5.73 Å². The van der Waals surface area contributed by atoms with E-state index < -0.39 is 0 Å². The van der Waals surface area contributed by atoms with E-state index in [0.717, 1.165) is 18.6 Å². The van der Waals surface area contributed by atoms with Crippen LogP contribution >= 0.6 is 0 Å². The molecule has 2 heterocycles. The molecule has 0 fully saturated rings. The van der Waals surface area contributed by atoms with Gasteiger partial charge in [-0.3, -0.25) is 9.78 Å². The molecule has 100 valence electrons. The molecule has 2 rings (SSSR count). The van der Waals surface area contributed by atoms with Gasteiger partial charge in [0.1, 0.15) is 5.76 Å². The predicted molar refractivity (Wildman–Crippen MR) is 72.6 cm³/mol. The van der Waals surface area contributed by atoms with Crippen LogP contribution in [0, 0.1) is 0 Å². The lowest BCUT2D eigenvalue weighted by Gasteiger charge is -2.13. The Morgan fingerprint density at radius 1 is 1.53 bits per heavy atom. The molecule has 2 aromatic heterocycles. The van der Waals surface area contributed by atoms with Gasteiger partial charge in [0.05, 0.1) is 11.8 Å². The van der Waals surface area contributed by atoms with Gasteiger partial charge in [-0.2, -0.15) is 0 Å². The van der Waals surface area contributed by atoms with Crippen LogP contribution in [0.4, 0.5) is 5.69 Å². The fourth-order valence-electron chi connectivity index (χ4n) is 1.78. The standard InChI is InChI=1S/C14H17N3O2/c1-10(4-5-11-3-2-8-19-11)17-14(18)12-9-16-7-6-13(12)15/h2-3,6-10H,4-5H2,1H3,(H2,15,16)(H,17,18). The van der Waals surface area contributed by atoms with Crippen molar-refractivity contribution < 1.29 is 9.21 Å². The molecule has 3 N–H and O–H groups in total. The van der Waals surface area contributed by atoms with Gasteiger partial charge < -0.3 is 15.5 Å². The number of carbonyl (C=O) groups excluding carboxylic acids is 1. The molecule has 0 saturated heterocycles. The third kappa shape index (κ3) is 3.58. The van der Waals surface area contributed by atoms with Gasteiger partial charge in [-0.1, -0.05) is 0 Å². The third-order valence-electron chi connectivity index (χ3n) is 2.88. The number of carbonyl (C=O) groups is 1. The highest BCUT2D eigenvalue weighted by Gasteiger charge is 2.12. The van der Waals surface area contributed by atoms with Gasteiger partial charge in [-0.05, 0) is 31.5 Å². The summed E-state index contributed by atoms with van der Waals surface area (Å²) in [5.74, 6) is 0.722. The van der Waals surface area contributed by atoms with Crippen molar-refractivity contribution in [3.8, 4) is 0 Å². The normalized spacial score (nSPS) is 12.1. The Balaban J connectivity index is 1.87. The Morgan fingerprint density at radius 3 is 3.05 bits per heavy atom. The Hall–Kier alpha value is -2.30. The monoisotopic (exact) mass is 259 g/mol. The number of hydrogen-bond acceptors (Lipinski definition) is 4. The second kappa shape index (κ2) is 6.04. The minimum Gasteiger partial charge on any atom is -0.469 e. The van der Waals surface area contributed by atoms with Crippen molar-refractivity contribution in [2.45, 2.75) is 25.8 Å². The van der Waals surface area contributed by atoms with E-state index in [-0.39, 0.29) is 11.9 Å². The van der Waals surface area contributed by atoms with E-state index in [1.807, 2.05) is 19.1 Å². The molecule has 19 heavy (non-hydrogen) atoms. The van der Waals surface area contributed by atoms with Crippen LogP contribution < -0.4 is 11.1 Å². The lowest BCUT2D eigenvalue weighted by atomic mass is 10.1. The Morgan fingerprint density at radius 2 is 2.37 bits per heavy atom. The summed E-state index contributed by atoms with van der Waals surface area (Å²) in [5, 5.41) is 2.90. The molecule has 0 aliphatic rings. The minimum absolute atomic E-state index is 0.0391. The zero-order chi connectivity index (χ0) is 13.7. The number of hydrogen-bond donors (Lipinski definition) is 2. The molecule has 5 nitrogen and oxygen atoms in total. The number of amides is 1. The van der Waals surface area contributed by atoms with Crippen LogP contribution in [0.5, 0.6) is 0 Å². The minimum atomic E-state index is -0.197. The summed E-state index contributed by atoms with van der Waals surface area (Å²) in [6, 6.07) is 5.43. The fourth-order valence-corrected chi connectivity index (χ4v) is 1.78. The number of furan rings is 1. The van der Waals surface area contributed by atoms with Gasteiger partial charge in [0.25, 0.3) is 5.91 Å². The van der Waals surface area contributed by atoms with E-state index in [1.54, 1.807) is 18.5 Å². The molecular formula is C14H17N3O2. The van der Waals surface area contributed by atoms with Gasteiger partial charge in [0, 0.05) is 30.5 Å². The number of aromatic nitrogens is 1. The zero-order valence-electron chi connectivity index (χ0n) is 10.8. The molecule has 1 unspecified atom stereocenters. The molecule has 5 heteroatoms. The van der Waals surface area contributed by atoms with Crippen LogP contribution in [0.15, 0.2) is 41.3 Å². The molecule has 0 bridgehead atoms. The van der Waals surface area contributed by atoms with Crippen molar-refractivity contribution in [3.63, 3.8) is 0 Å². The summed E-state index contributed by atoms with van der Waals surface area (Å²) < 4.78 is 5.25. The van der Waals surface area contributed by atoms with E-state index in [4.69, 9.17) is 10.2 Å². The molecule has 0 aromatic carbocycles. The number of rotatable bonds is 5. The van der Waals surface area contributed by atoms with Gasteiger partial charge in [-0.25, -0.2) is 0 Å². The first kappa shape index (κ1) is 13.1. The molecule has 0 saturated carbocycles. The largest absolute Gasteiger partial charge is 0.469 e. The SMILES string of the molecule is CC(CCc1ccco1)NC(=O)c1cnccc1N. The first-order valence-electron chi connectivity index (χ1n) is 6.19. The number of nitrogen functional groups attached to an aromatic ring is 1. The predicted octanol–water partition coefficient (Wildman–Crippen LogP) is 2.01. The summed E-state index contributed by atoms with van der Waals surface area (Å²) in [4.78, 5) is 15.9. The average molecular weight is 259 g/mol. The Bertz CT molecular complexity index is 537. The van der Waals surface area contributed by atoms with Crippen molar-refractivity contribution in [2.24, 2.45) is 0 Å². The van der Waals surface area contributed by atoms with Crippen LogP contribution in [0.3, 0.4) is 0 Å². The maximum atomic E-state index is 12.0. The van der Waals surface area contributed by atoms with Crippen LogP contribution in [-0.4, -0.2) is 16.9 Å². The molecule has 0 radical (unpaired) electrons. The second-order valence-corrected chi connectivity index (χ2v) is 4.46. The third-order valence-corrected chi connectivity index (χ3v) is 2.88. The lowest BCUT2D eigenvalue weighted by Crippen LogP contribution is -2.33. The summed E-state index contributed by atoms with van der Waals surface area (Å²) >= 11 is 0. The molecule has 0 spiro atoms. The lowest BCUT2D eigenvalue weighted by molar-refractivity contribution is 0.0938. The molecule has 0 aliphatic carbocycles. The first-order valence-corrected chi connectivity index (χ1v) is 6.19. The highest BCUT2D eigenvalue weighted by atomic mass is 16.3. The quantitative estimate of drug-likeness (QED) is 0.860. The molecule has 1 atom stereocenters. The summed E-state index contributed by atoms with van der Waals surface area (Å²) in [7, 11) is 0. The number of nitrogens with one attached hydrogen (secondary N) is 1. The number of nitrogens with two attached hydrogens (primary N) is 1. The van der Waals surface area contributed by atoms with Gasteiger partial charge >= 0.3 is 0 Å². The van der Waals surface area contributed by atoms with Crippen molar-refractivity contribution in [1.29, 1.82) is 0 Å². The van der Waals surface area contributed by atoms with E-state index in [0.29, 0.717) is 11.3 Å². The molecule has 0 aliphatic heterocycles. The summed E-state index contributed by atoms with van der Waals surface area (Å²) in [6.07, 6.45) is 6.28. The van der Waals surface area contributed by atoms with E-state index in [2.05, 4.69) is 10.3 Å². The number of nitrogens with zero attached hydrogens (tertiary/aromatic N) is 1. The topological polar surface area (TPSA) is 81.2 Å². The van der Waals surface area contributed by atoms with Crippen LogP contribution in [0.1, 0.15) is 29.5 Å². The van der Waals surface area contributed by atoms with Crippen molar-refractivity contribution in [1.82, 2.24) is 10.3 Å². The Labute approximate surface area is 111 Å². The maximum absolute atomic E-state index is 12.0. The molecule has 1 amide bonds. The van der Waals surface area contributed by atoms with Crippen LogP contribution in [0.2, 0.25) is 0 Å². The highest BCUT2D eigenvalue weighted by Crippen LogP contribution is 2.10.